The molecule has 3 aliphatic rings. The van der Waals surface area contributed by atoms with Crippen molar-refractivity contribution in [3.8, 4) is 10.4 Å². The maximum atomic E-state index is 14.2. The van der Waals surface area contributed by atoms with Crippen LogP contribution in [0.3, 0.4) is 0 Å². The number of aliphatic hydroxyl groups is 1. The first-order valence-electron chi connectivity index (χ1n) is 25.5. The number of piperazine rings is 1. The number of aromatic nitrogens is 8. The zero-order valence-corrected chi connectivity index (χ0v) is 43.7. The Labute approximate surface area is 433 Å². The first-order valence-corrected chi connectivity index (χ1v) is 26.4. The van der Waals surface area contributed by atoms with Crippen LogP contribution in [0.2, 0.25) is 0 Å². The molecule has 2 saturated heterocycles. The topological polar surface area (TPSA) is 232 Å². The number of nitrogens with zero attached hydrogens (tertiary/aromatic N) is 11. The van der Waals surface area contributed by atoms with Crippen molar-refractivity contribution in [2.24, 2.45) is 5.41 Å². The second kappa shape index (κ2) is 21.8. The van der Waals surface area contributed by atoms with Gasteiger partial charge in [0.15, 0.2) is 11.6 Å². The van der Waals surface area contributed by atoms with E-state index >= 15 is 0 Å². The van der Waals surface area contributed by atoms with Gasteiger partial charge in [-0.15, -0.1) is 16.4 Å². The summed E-state index contributed by atoms with van der Waals surface area (Å²) >= 11 is 1.58. The minimum Gasteiger partial charge on any atom is -0.391 e. The van der Waals surface area contributed by atoms with Gasteiger partial charge in [-0.2, -0.15) is 0 Å². The monoisotopic (exact) mass is 1020 g/mol. The zero-order chi connectivity index (χ0) is 52.4. The van der Waals surface area contributed by atoms with Gasteiger partial charge in [0.2, 0.25) is 17.7 Å². The number of hydrogen-bond donors (Lipinski definition) is 2. The Morgan fingerprint density at radius 3 is 2.32 bits per heavy atom. The van der Waals surface area contributed by atoms with E-state index in [9.17, 15) is 33.9 Å². The lowest BCUT2D eigenvalue weighted by Crippen LogP contribution is -2.57. The number of β-amino-alcohol motifs (C(OH)–C–C–N with tert-alkyl or cyclic N) is 1. The van der Waals surface area contributed by atoms with Crippen LogP contribution in [-0.2, 0) is 45.0 Å². The molecule has 1 aromatic carbocycles. The molecule has 9 rings (SSSR count). The lowest BCUT2D eigenvalue weighted by atomic mass is 9.85. The fourth-order valence-corrected chi connectivity index (χ4v) is 11.4. The van der Waals surface area contributed by atoms with Gasteiger partial charge < -0.3 is 25.1 Å². The third kappa shape index (κ3) is 11.4. The van der Waals surface area contributed by atoms with E-state index in [1.165, 1.54) is 16.5 Å². The number of benzene rings is 1. The molecule has 7 heterocycles. The van der Waals surface area contributed by atoms with Crippen molar-refractivity contribution in [3.63, 3.8) is 0 Å². The first-order chi connectivity index (χ1) is 35.4. The molecule has 0 radical (unpaired) electrons. The summed E-state index contributed by atoms with van der Waals surface area (Å²) in [7, 11) is 0. The summed E-state index contributed by atoms with van der Waals surface area (Å²) in [6, 6.07) is 10.2. The average Bonchev–Trinajstić information content (AvgIpc) is 4.23. The number of Topliss-reactive ketones (excluding diaryl/α,β-unsaturated/α-hetero) is 2. The van der Waals surface area contributed by atoms with Gasteiger partial charge in [0.25, 0.3) is 5.56 Å². The second-order valence-electron chi connectivity index (χ2n) is 21.0. The van der Waals surface area contributed by atoms with Gasteiger partial charge in [0.1, 0.15) is 24.1 Å². The van der Waals surface area contributed by atoms with Gasteiger partial charge in [-0.05, 0) is 74.3 Å². The molecule has 1 saturated carbocycles. The van der Waals surface area contributed by atoms with Crippen LogP contribution in [0.4, 0.5) is 5.69 Å². The van der Waals surface area contributed by atoms with E-state index < -0.39 is 35.4 Å². The number of hydrogen-bond acceptors (Lipinski definition) is 15. The fraction of sp³-hybridized carbons (Fsp3) is 0.481. The van der Waals surface area contributed by atoms with Gasteiger partial charge >= 0.3 is 0 Å². The summed E-state index contributed by atoms with van der Waals surface area (Å²) < 4.78 is 3.12. The predicted molar refractivity (Wildman–Crippen MR) is 279 cm³/mol. The number of nitrogens with one attached hydrogen (secondary N) is 1. The molecule has 20 heteroatoms. The highest BCUT2D eigenvalue weighted by atomic mass is 32.1. The maximum absolute atomic E-state index is 14.2. The Morgan fingerprint density at radius 1 is 0.919 bits per heavy atom. The van der Waals surface area contributed by atoms with Crippen LogP contribution in [-0.4, -0.2) is 135 Å². The van der Waals surface area contributed by atoms with E-state index in [1.54, 1.807) is 40.1 Å². The number of ketones is 2. The van der Waals surface area contributed by atoms with Crippen LogP contribution in [0, 0.1) is 19.3 Å². The molecule has 74 heavy (non-hydrogen) atoms. The number of pyridine rings is 2. The highest BCUT2D eigenvalue weighted by Gasteiger charge is 2.44. The Hall–Kier alpha value is -7.06. The molecule has 3 amide bonds. The molecule has 3 fully saturated rings. The summed E-state index contributed by atoms with van der Waals surface area (Å²) in [5, 5.41) is 22.5. The number of likely N-dealkylation sites (tertiary alicyclic amines) is 1. The van der Waals surface area contributed by atoms with Crippen LogP contribution in [0.5, 0.6) is 0 Å². The average molecular weight is 1030 g/mol. The molecular formula is C54H64N12O7S. The van der Waals surface area contributed by atoms with E-state index in [2.05, 4.69) is 30.5 Å². The van der Waals surface area contributed by atoms with E-state index in [4.69, 9.17) is 9.97 Å². The highest BCUT2D eigenvalue weighted by molar-refractivity contribution is 7.13. The maximum Gasteiger partial charge on any atom is 0.263 e. The van der Waals surface area contributed by atoms with Crippen LogP contribution < -0.4 is 15.8 Å². The molecule has 0 unspecified atom stereocenters. The van der Waals surface area contributed by atoms with Crippen molar-refractivity contribution in [2.75, 3.05) is 37.6 Å². The highest BCUT2D eigenvalue weighted by Crippen LogP contribution is 2.33. The molecule has 1 aliphatic carbocycles. The van der Waals surface area contributed by atoms with Gasteiger partial charge in [0, 0.05) is 75.1 Å². The molecule has 19 nitrogen and oxygen atoms in total. The number of amides is 3. The van der Waals surface area contributed by atoms with Gasteiger partial charge in [-0.1, -0.05) is 63.1 Å². The van der Waals surface area contributed by atoms with Crippen molar-refractivity contribution in [1.82, 2.24) is 54.6 Å². The number of aryl methyl sites for hydroxylation is 3. The minimum absolute atomic E-state index is 0.00562. The van der Waals surface area contributed by atoms with Gasteiger partial charge in [0.05, 0.1) is 64.2 Å². The summed E-state index contributed by atoms with van der Waals surface area (Å²) in [5.41, 5.74) is 7.19. The molecule has 388 valence electrons. The second-order valence-corrected chi connectivity index (χ2v) is 21.9. The van der Waals surface area contributed by atoms with Crippen molar-refractivity contribution in [3.05, 3.63) is 110 Å². The molecule has 2 aliphatic heterocycles. The van der Waals surface area contributed by atoms with Gasteiger partial charge in [-0.3, -0.25) is 38.3 Å². The smallest absolute Gasteiger partial charge is 0.263 e. The number of fused-ring (bicyclic) bond motifs is 1. The SMILES string of the molecule is CC(=O)c1c(C)c2cnc(Cc3ccc(N4CCN(C(=O)Cn5cc(CC(=O)N[C@H](C(=O)N6C[C@H](O)C[C@H]6C(=O)CCc6ccc(-c7scnc7C)cc6)C(C)(C)C)nn5)CC4)cn3)nc2n(C2CCCC2)c1=O. The van der Waals surface area contributed by atoms with E-state index in [-0.39, 0.29) is 67.0 Å². The fourth-order valence-electron chi connectivity index (χ4n) is 10.6. The van der Waals surface area contributed by atoms with E-state index in [0.717, 1.165) is 58.8 Å². The third-order valence-corrected chi connectivity index (χ3v) is 15.6. The molecule has 5 aromatic heterocycles. The lowest BCUT2D eigenvalue weighted by Gasteiger charge is -2.36. The van der Waals surface area contributed by atoms with Crippen LogP contribution >= 0.6 is 11.3 Å². The Balaban J connectivity index is 0.750. The standard InChI is InChI=1S/C54H64N12O7S/c1-32-42-27-56-45(58-51(42)66(39-9-7-8-10-39)52(72)48(32)34(3)67)23-37-16-17-40(26-55-37)62-19-21-63(22-20-62)47(71)30-64-28-38(60-61-64)24-46(70)59-50(54(4,5)6)53(73)65-29-41(68)25-43(65)44(69)18-13-35-11-14-36(15-12-35)49-33(2)57-31-74-49/h11-12,14-17,26-28,31,39,41,43,50,68H,7-10,13,18-25,29-30H2,1-6H3,(H,59,70)/t41-,43+,50-/m1/s1. The summed E-state index contributed by atoms with van der Waals surface area (Å²) in [6.07, 6.45) is 8.97. The Bertz CT molecular complexity index is 3130. The lowest BCUT2D eigenvalue weighted by molar-refractivity contribution is -0.143. The van der Waals surface area contributed by atoms with E-state index in [1.807, 2.05) is 75.8 Å². The number of carbonyl (C=O) groups excluding carboxylic acids is 5. The van der Waals surface area contributed by atoms with Gasteiger partial charge in [-0.25, -0.2) is 19.6 Å². The molecular weight excluding hydrogens is 961 g/mol. The van der Waals surface area contributed by atoms with Crippen molar-refractivity contribution >= 4 is 57.3 Å². The molecule has 0 bridgehead atoms. The minimum atomic E-state index is -0.995. The number of rotatable bonds is 16. The Morgan fingerprint density at radius 2 is 1.66 bits per heavy atom. The molecule has 0 spiro atoms. The normalized spacial score (nSPS) is 17.8. The van der Waals surface area contributed by atoms with Crippen LogP contribution in [0.1, 0.15) is 117 Å². The van der Waals surface area contributed by atoms with E-state index in [0.29, 0.717) is 67.1 Å². The third-order valence-electron chi connectivity index (χ3n) is 14.6. The first kappa shape index (κ1) is 51.8. The number of carbonyl (C=O) groups is 5. The van der Waals surface area contributed by atoms with Crippen LogP contribution in [0.25, 0.3) is 21.5 Å². The summed E-state index contributed by atoms with van der Waals surface area (Å²) in [6.45, 7) is 12.8. The predicted octanol–water partition coefficient (Wildman–Crippen LogP) is 5.01. The van der Waals surface area contributed by atoms with Crippen LogP contribution in [0.15, 0.2) is 65.3 Å². The summed E-state index contributed by atoms with van der Waals surface area (Å²) in [4.78, 5) is 106. The molecule has 3 atom stereocenters. The number of anilines is 1. The number of aliphatic hydroxyl groups excluding tert-OH is 1. The van der Waals surface area contributed by atoms with Crippen molar-refractivity contribution < 1.29 is 29.1 Å². The zero-order valence-electron chi connectivity index (χ0n) is 42.9. The number of thiazole rings is 1. The summed E-state index contributed by atoms with van der Waals surface area (Å²) in [5.74, 6) is -0.914. The largest absolute Gasteiger partial charge is 0.391 e. The van der Waals surface area contributed by atoms with Crippen molar-refractivity contribution in [1.29, 1.82) is 0 Å². The molecule has 2 N–H and O–H groups in total. The molecule has 6 aromatic rings. The van der Waals surface area contributed by atoms with Crippen molar-refractivity contribution in [2.45, 2.75) is 130 Å². The quantitative estimate of drug-likeness (QED) is 0.121. The Kier molecular flexibility index (Phi) is 15.3.